The summed E-state index contributed by atoms with van der Waals surface area (Å²) in [6.07, 6.45) is 2.04. The second-order valence-electron chi connectivity index (χ2n) is 5.87. The molecule has 0 aliphatic carbocycles. The molecule has 106 valence electrons. The fourth-order valence-corrected chi connectivity index (χ4v) is 2.05. The molecule has 0 saturated carbocycles. The van der Waals surface area contributed by atoms with Gasteiger partial charge in [0.1, 0.15) is 11.1 Å². The van der Waals surface area contributed by atoms with Crippen LogP contribution < -0.4 is 5.73 Å². The number of amides is 1. The van der Waals surface area contributed by atoms with Gasteiger partial charge in [0.15, 0.2) is 5.82 Å². The molecule has 1 aromatic rings. The van der Waals surface area contributed by atoms with E-state index in [4.69, 9.17) is 10.5 Å². The van der Waals surface area contributed by atoms with Crippen LogP contribution in [-0.2, 0) is 10.3 Å². The molecule has 0 atom stereocenters. The molecule has 0 radical (unpaired) electrons. The summed E-state index contributed by atoms with van der Waals surface area (Å²) in [6, 6.07) is 0. The Morgan fingerprint density at radius 2 is 2.21 bits per heavy atom. The van der Waals surface area contributed by atoms with E-state index in [2.05, 4.69) is 5.10 Å². The highest BCUT2D eigenvalue weighted by atomic mass is 19.1. The van der Waals surface area contributed by atoms with Crippen molar-refractivity contribution in [3.8, 4) is 0 Å². The van der Waals surface area contributed by atoms with Gasteiger partial charge in [-0.1, -0.05) is 0 Å². The van der Waals surface area contributed by atoms with Crippen molar-refractivity contribution in [1.82, 2.24) is 14.7 Å². The molecule has 1 aliphatic heterocycles. The van der Waals surface area contributed by atoms with E-state index in [-0.39, 0.29) is 12.6 Å². The van der Waals surface area contributed by atoms with Crippen molar-refractivity contribution in [1.29, 1.82) is 0 Å². The Hall–Kier alpha value is -1.63. The highest BCUT2D eigenvalue weighted by molar-refractivity contribution is 5.69. The van der Waals surface area contributed by atoms with Crippen LogP contribution in [0.4, 0.5) is 9.18 Å². The molecule has 1 amide bonds. The fraction of sp³-hybridized carbons (Fsp3) is 0.667. The first-order chi connectivity index (χ1) is 8.76. The maximum atomic E-state index is 13.0. The van der Waals surface area contributed by atoms with Crippen LogP contribution in [0.5, 0.6) is 0 Å². The number of ether oxygens (including phenoxy) is 1. The third-order valence-electron chi connectivity index (χ3n) is 3.04. The third kappa shape index (κ3) is 2.70. The Morgan fingerprint density at radius 3 is 2.63 bits per heavy atom. The number of likely N-dealkylation sites (tertiary alicyclic amines) is 1. The van der Waals surface area contributed by atoms with Gasteiger partial charge in [-0.15, -0.1) is 0 Å². The number of hydrogen-bond donors (Lipinski definition) is 1. The number of halogens is 1. The summed E-state index contributed by atoms with van der Waals surface area (Å²) in [5, 5.41) is 3.93. The van der Waals surface area contributed by atoms with Crippen LogP contribution >= 0.6 is 0 Å². The van der Waals surface area contributed by atoms with Gasteiger partial charge in [-0.05, 0) is 20.8 Å². The van der Waals surface area contributed by atoms with Crippen LogP contribution in [0.25, 0.3) is 0 Å². The van der Waals surface area contributed by atoms with Gasteiger partial charge < -0.3 is 15.4 Å². The van der Waals surface area contributed by atoms with Gasteiger partial charge in [-0.2, -0.15) is 5.10 Å². The van der Waals surface area contributed by atoms with E-state index >= 15 is 0 Å². The highest BCUT2D eigenvalue weighted by Gasteiger charge is 2.47. The molecular formula is C12H19FN4O2. The van der Waals surface area contributed by atoms with E-state index in [1.807, 2.05) is 20.8 Å². The Labute approximate surface area is 111 Å². The number of hydrogen-bond acceptors (Lipinski definition) is 4. The van der Waals surface area contributed by atoms with Crippen molar-refractivity contribution in [2.45, 2.75) is 31.9 Å². The summed E-state index contributed by atoms with van der Waals surface area (Å²) < 4.78 is 19.8. The predicted molar refractivity (Wildman–Crippen MR) is 67.0 cm³/mol. The standard InChI is InChI=1S/C12H19FN4O2/c1-11(2,3)19-10(18)16-7-12(6-14,8-16)17-5-9(13)4-15-17/h4-5H,6-8,14H2,1-3H3. The van der Waals surface area contributed by atoms with Crippen molar-refractivity contribution in [3.63, 3.8) is 0 Å². The predicted octanol–water partition coefficient (Wildman–Crippen LogP) is 0.927. The van der Waals surface area contributed by atoms with E-state index in [9.17, 15) is 9.18 Å². The lowest BCUT2D eigenvalue weighted by Crippen LogP contribution is -2.67. The van der Waals surface area contributed by atoms with Gasteiger partial charge in [0, 0.05) is 6.54 Å². The lowest BCUT2D eigenvalue weighted by Gasteiger charge is -2.49. The van der Waals surface area contributed by atoms with Crippen molar-refractivity contribution >= 4 is 6.09 Å². The third-order valence-corrected chi connectivity index (χ3v) is 3.04. The fourth-order valence-electron chi connectivity index (χ4n) is 2.05. The topological polar surface area (TPSA) is 73.4 Å². The Morgan fingerprint density at radius 1 is 1.58 bits per heavy atom. The van der Waals surface area contributed by atoms with Crippen LogP contribution in [0.3, 0.4) is 0 Å². The molecule has 0 spiro atoms. The molecule has 1 aliphatic rings. The normalized spacial score (nSPS) is 18.1. The molecule has 0 unspecified atom stereocenters. The average molecular weight is 270 g/mol. The van der Waals surface area contributed by atoms with Crippen molar-refractivity contribution in [2.24, 2.45) is 5.73 Å². The summed E-state index contributed by atoms with van der Waals surface area (Å²) >= 11 is 0. The van der Waals surface area contributed by atoms with Crippen LogP contribution in [0.15, 0.2) is 12.4 Å². The molecule has 7 heteroatoms. The van der Waals surface area contributed by atoms with Crippen LogP contribution in [0.1, 0.15) is 20.8 Å². The molecule has 2 rings (SSSR count). The van der Waals surface area contributed by atoms with Gasteiger partial charge in [0.2, 0.25) is 0 Å². The minimum absolute atomic E-state index is 0.285. The van der Waals surface area contributed by atoms with Crippen molar-refractivity contribution in [3.05, 3.63) is 18.2 Å². The summed E-state index contributed by atoms with van der Waals surface area (Å²) in [4.78, 5) is 13.4. The van der Waals surface area contributed by atoms with E-state index < -0.39 is 17.0 Å². The minimum Gasteiger partial charge on any atom is -0.444 e. The largest absolute Gasteiger partial charge is 0.444 e. The second kappa shape index (κ2) is 4.48. The molecule has 1 aromatic heterocycles. The zero-order chi connectivity index (χ0) is 14.3. The number of rotatable bonds is 2. The quantitative estimate of drug-likeness (QED) is 0.867. The molecule has 2 N–H and O–H groups in total. The molecule has 0 bridgehead atoms. The smallest absolute Gasteiger partial charge is 0.410 e. The number of carbonyl (C=O) groups excluding carboxylic acids is 1. The minimum atomic E-state index is -0.532. The number of aromatic nitrogens is 2. The summed E-state index contributed by atoms with van der Waals surface area (Å²) in [7, 11) is 0. The molecular weight excluding hydrogens is 251 g/mol. The van der Waals surface area contributed by atoms with E-state index in [0.717, 1.165) is 6.20 Å². The van der Waals surface area contributed by atoms with Gasteiger partial charge in [-0.25, -0.2) is 9.18 Å². The summed E-state index contributed by atoms with van der Waals surface area (Å²) in [5.41, 5.74) is 4.68. The lowest BCUT2D eigenvalue weighted by atomic mass is 9.90. The zero-order valence-corrected chi connectivity index (χ0v) is 11.4. The molecule has 6 nitrogen and oxygen atoms in total. The average Bonchev–Trinajstić information content (AvgIpc) is 2.62. The lowest BCUT2D eigenvalue weighted by molar-refractivity contribution is -0.0297. The maximum absolute atomic E-state index is 13.0. The Bertz CT molecular complexity index is 474. The van der Waals surface area contributed by atoms with Gasteiger partial charge in [0.05, 0.1) is 25.5 Å². The monoisotopic (exact) mass is 270 g/mol. The zero-order valence-electron chi connectivity index (χ0n) is 11.4. The summed E-state index contributed by atoms with van der Waals surface area (Å²) in [5.74, 6) is -0.413. The number of nitrogens with two attached hydrogens (primary N) is 1. The van der Waals surface area contributed by atoms with Gasteiger partial charge in [0.25, 0.3) is 0 Å². The van der Waals surface area contributed by atoms with Crippen molar-refractivity contribution < 1.29 is 13.9 Å². The van der Waals surface area contributed by atoms with Gasteiger partial charge >= 0.3 is 6.09 Å². The number of carbonyl (C=O) groups is 1. The Balaban J connectivity index is 2.02. The van der Waals surface area contributed by atoms with E-state index in [0.29, 0.717) is 13.1 Å². The summed E-state index contributed by atoms with van der Waals surface area (Å²) in [6.45, 7) is 6.46. The molecule has 1 fully saturated rings. The maximum Gasteiger partial charge on any atom is 0.410 e. The van der Waals surface area contributed by atoms with E-state index in [1.54, 1.807) is 0 Å². The second-order valence-corrected chi connectivity index (χ2v) is 5.87. The van der Waals surface area contributed by atoms with Crippen LogP contribution in [-0.4, -0.2) is 46.0 Å². The first kappa shape index (κ1) is 13.8. The Kier molecular flexibility index (Phi) is 3.25. The number of nitrogens with zero attached hydrogens (tertiary/aromatic N) is 3. The first-order valence-electron chi connectivity index (χ1n) is 6.14. The first-order valence-corrected chi connectivity index (χ1v) is 6.14. The van der Waals surface area contributed by atoms with E-state index in [1.165, 1.54) is 15.8 Å². The van der Waals surface area contributed by atoms with Crippen LogP contribution in [0.2, 0.25) is 0 Å². The molecule has 1 saturated heterocycles. The molecule has 2 heterocycles. The SMILES string of the molecule is CC(C)(C)OC(=O)N1CC(CN)(n2cc(F)cn2)C1. The van der Waals surface area contributed by atoms with Crippen molar-refractivity contribution in [2.75, 3.05) is 19.6 Å². The van der Waals surface area contributed by atoms with Gasteiger partial charge in [-0.3, -0.25) is 4.68 Å². The van der Waals surface area contributed by atoms with Crippen LogP contribution in [0, 0.1) is 5.82 Å². The highest BCUT2D eigenvalue weighted by Crippen LogP contribution is 2.29. The molecule has 19 heavy (non-hydrogen) atoms. The molecule has 0 aromatic carbocycles.